The van der Waals surface area contributed by atoms with Gasteiger partial charge in [-0.1, -0.05) is 0 Å². The summed E-state index contributed by atoms with van der Waals surface area (Å²) in [5.74, 6) is -0.174. The molecule has 0 aliphatic rings. The fourth-order valence-electron chi connectivity index (χ4n) is 1.85. The molecule has 0 atom stereocenters. The SMILES string of the molecule is COC(=O)CCc1c(C)cc(OC)cc1C(=O)OC. The van der Waals surface area contributed by atoms with Crippen molar-refractivity contribution in [3.8, 4) is 5.75 Å². The van der Waals surface area contributed by atoms with E-state index < -0.39 is 5.97 Å². The predicted molar refractivity (Wildman–Crippen MR) is 69.4 cm³/mol. The third-order valence-corrected chi connectivity index (χ3v) is 2.89. The van der Waals surface area contributed by atoms with Crippen LogP contribution in [0.15, 0.2) is 12.1 Å². The first-order valence-corrected chi connectivity index (χ1v) is 5.86. The molecule has 0 aliphatic heterocycles. The molecule has 0 N–H and O–H groups in total. The Hall–Kier alpha value is -2.04. The van der Waals surface area contributed by atoms with Crippen molar-refractivity contribution >= 4 is 11.9 Å². The predicted octanol–water partition coefficient (Wildman–Crippen LogP) is 1.90. The summed E-state index contributed by atoms with van der Waals surface area (Å²) in [5.41, 5.74) is 2.07. The molecule has 0 saturated carbocycles. The number of carbonyl (C=O) groups excluding carboxylic acids is 2. The molecule has 0 saturated heterocycles. The fourth-order valence-corrected chi connectivity index (χ4v) is 1.85. The number of rotatable bonds is 5. The van der Waals surface area contributed by atoms with E-state index in [1.807, 2.05) is 13.0 Å². The fraction of sp³-hybridized carbons (Fsp3) is 0.429. The molecule has 0 aromatic heterocycles. The largest absolute Gasteiger partial charge is 0.497 e. The molecule has 0 spiro atoms. The quantitative estimate of drug-likeness (QED) is 0.762. The Morgan fingerprint density at radius 2 is 1.79 bits per heavy atom. The van der Waals surface area contributed by atoms with Crippen molar-refractivity contribution in [1.29, 1.82) is 0 Å². The van der Waals surface area contributed by atoms with E-state index in [1.165, 1.54) is 21.3 Å². The van der Waals surface area contributed by atoms with E-state index in [1.54, 1.807) is 6.07 Å². The van der Waals surface area contributed by atoms with Crippen LogP contribution in [0.5, 0.6) is 5.75 Å². The molecule has 1 aromatic carbocycles. The molecule has 19 heavy (non-hydrogen) atoms. The number of ether oxygens (including phenoxy) is 3. The smallest absolute Gasteiger partial charge is 0.338 e. The van der Waals surface area contributed by atoms with Crippen LogP contribution in [0.1, 0.15) is 27.9 Å². The van der Waals surface area contributed by atoms with Gasteiger partial charge in [-0.3, -0.25) is 4.79 Å². The Kier molecular flexibility index (Phi) is 5.36. The minimum atomic E-state index is -0.443. The molecule has 5 nitrogen and oxygen atoms in total. The normalized spacial score (nSPS) is 9.89. The lowest BCUT2D eigenvalue weighted by atomic mass is 9.97. The van der Waals surface area contributed by atoms with E-state index in [2.05, 4.69) is 4.74 Å². The third-order valence-electron chi connectivity index (χ3n) is 2.89. The average Bonchev–Trinajstić information content (AvgIpc) is 2.43. The maximum atomic E-state index is 11.8. The molecule has 1 aromatic rings. The zero-order valence-electron chi connectivity index (χ0n) is 11.6. The van der Waals surface area contributed by atoms with Crippen molar-refractivity contribution in [3.05, 3.63) is 28.8 Å². The number of benzene rings is 1. The summed E-state index contributed by atoms with van der Waals surface area (Å²) >= 11 is 0. The van der Waals surface area contributed by atoms with Crippen LogP contribution in [-0.2, 0) is 20.7 Å². The molecule has 0 heterocycles. The molecule has 1 rings (SSSR count). The summed E-state index contributed by atoms with van der Waals surface area (Å²) < 4.78 is 14.5. The second kappa shape index (κ2) is 6.78. The van der Waals surface area contributed by atoms with Gasteiger partial charge in [-0.15, -0.1) is 0 Å². The van der Waals surface area contributed by atoms with Crippen LogP contribution < -0.4 is 4.74 Å². The van der Waals surface area contributed by atoms with Crippen molar-refractivity contribution in [1.82, 2.24) is 0 Å². The van der Waals surface area contributed by atoms with Crippen molar-refractivity contribution in [2.45, 2.75) is 19.8 Å². The van der Waals surface area contributed by atoms with Crippen LogP contribution in [0.2, 0.25) is 0 Å². The lowest BCUT2D eigenvalue weighted by molar-refractivity contribution is -0.140. The summed E-state index contributed by atoms with van der Waals surface area (Å²) in [6, 6.07) is 3.44. The lowest BCUT2D eigenvalue weighted by Crippen LogP contribution is -2.10. The maximum absolute atomic E-state index is 11.8. The molecule has 0 bridgehead atoms. The molecular weight excluding hydrogens is 248 g/mol. The highest BCUT2D eigenvalue weighted by atomic mass is 16.5. The molecule has 0 fully saturated rings. The lowest BCUT2D eigenvalue weighted by Gasteiger charge is -2.13. The van der Waals surface area contributed by atoms with Gasteiger partial charge in [0.1, 0.15) is 5.75 Å². The minimum Gasteiger partial charge on any atom is -0.497 e. The number of methoxy groups -OCH3 is 3. The summed E-state index contributed by atoms with van der Waals surface area (Å²) in [6.07, 6.45) is 0.639. The second-order valence-electron chi connectivity index (χ2n) is 4.04. The first-order valence-electron chi connectivity index (χ1n) is 5.86. The highest BCUT2D eigenvalue weighted by Gasteiger charge is 2.17. The van der Waals surface area contributed by atoms with Gasteiger partial charge >= 0.3 is 11.9 Å². The van der Waals surface area contributed by atoms with Crippen LogP contribution in [0.3, 0.4) is 0 Å². The standard InChI is InChI=1S/C14H18O5/c1-9-7-10(17-2)8-12(14(16)19-4)11(9)5-6-13(15)18-3/h7-8H,5-6H2,1-4H3. The summed E-state index contributed by atoms with van der Waals surface area (Å²) in [6.45, 7) is 1.86. The number of esters is 2. The Balaban J connectivity index is 3.12. The van der Waals surface area contributed by atoms with Crippen molar-refractivity contribution in [2.75, 3.05) is 21.3 Å². The van der Waals surface area contributed by atoms with Crippen molar-refractivity contribution in [3.63, 3.8) is 0 Å². The number of aryl methyl sites for hydroxylation is 1. The van der Waals surface area contributed by atoms with E-state index >= 15 is 0 Å². The average molecular weight is 266 g/mol. The summed E-state index contributed by atoms with van der Waals surface area (Å²) in [5, 5.41) is 0. The van der Waals surface area contributed by atoms with Crippen molar-refractivity contribution in [2.24, 2.45) is 0 Å². The van der Waals surface area contributed by atoms with Gasteiger partial charge in [0, 0.05) is 6.42 Å². The highest BCUT2D eigenvalue weighted by molar-refractivity contribution is 5.92. The van der Waals surface area contributed by atoms with Crippen LogP contribution in [-0.4, -0.2) is 33.3 Å². The molecule has 104 valence electrons. The van der Waals surface area contributed by atoms with Gasteiger partial charge in [-0.2, -0.15) is 0 Å². The van der Waals surface area contributed by atoms with E-state index in [4.69, 9.17) is 9.47 Å². The molecule has 0 amide bonds. The Labute approximate surface area is 112 Å². The first-order chi connectivity index (χ1) is 9.03. The monoisotopic (exact) mass is 266 g/mol. The molecule has 5 heteroatoms. The Morgan fingerprint density at radius 1 is 1.11 bits per heavy atom. The first kappa shape index (κ1) is 15.0. The van der Waals surface area contributed by atoms with Crippen LogP contribution in [0.4, 0.5) is 0 Å². The van der Waals surface area contributed by atoms with Gasteiger partial charge in [0.2, 0.25) is 0 Å². The topological polar surface area (TPSA) is 61.8 Å². The van der Waals surface area contributed by atoms with Gasteiger partial charge in [-0.05, 0) is 36.6 Å². The van der Waals surface area contributed by atoms with Gasteiger partial charge in [0.25, 0.3) is 0 Å². The summed E-state index contributed by atoms with van der Waals surface area (Å²) in [7, 11) is 4.19. The highest BCUT2D eigenvalue weighted by Crippen LogP contribution is 2.24. The van der Waals surface area contributed by atoms with Crippen molar-refractivity contribution < 1.29 is 23.8 Å². The van der Waals surface area contributed by atoms with Gasteiger partial charge < -0.3 is 14.2 Å². The zero-order valence-corrected chi connectivity index (χ0v) is 11.6. The van der Waals surface area contributed by atoms with Crippen LogP contribution in [0, 0.1) is 6.92 Å². The molecule has 0 radical (unpaired) electrons. The van der Waals surface area contributed by atoms with E-state index in [0.717, 1.165) is 11.1 Å². The van der Waals surface area contributed by atoms with E-state index in [-0.39, 0.29) is 12.4 Å². The van der Waals surface area contributed by atoms with Gasteiger partial charge in [0.05, 0.1) is 26.9 Å². The number of carbonyl (C=O) groups is 2. The van der Waals surface area contributed by atoms with E-state index in [0.29, 0.717) is 17.7 Å². The Bertz CT molecular complexity index is 479. The maximum Gasteiger partial charge on any atom is 0.338 e. The van der Waals surface area contributed by atoms with Crippen LogP contribution in [0.25, 0.3) is 0 Å². The Morgan fingerprint density at radius 3 is 2.32 bits per heavy atom. The van der Waals surface area contributed by atoms with E-state index in [9.17, 15) is 9.59 Å². The second-order valence-corrected chi connectivity index (χ2v) is 4.04. The van der Waals surface area contributed by atoms with Gasteiger partial charge in [-0.25, -0.2) is 4.79 Å². The number of hydrogen-bond acceptors (Lipinski definition) is 5. The molecule has 0 aliphatic carbocycles. The minimum absolute atomic E-state index is 0.216. The zero-order chi connectivity index (χ0) is 14.4. The van der Waals surface area contributed by atoms with Crippen LogP contribution >= 0.6 is 0 Å². The molecular formula is C14H18O5. The third kappa shape index (κ3) is 3.71. The molecule has 0 unspecified atom stereocenters. The van der Waals surface area contributed by atoms with Gasteiger partial charge in [0.15, 0.2) is 0 Å². The number of hydrogen-bond donors (Lipinski definition) is 0. The summed E-state index contributed by atoms with van der Waals surface area (Å²) in [4.78, 5) is 23.0.